The fourth-order valence-electron chi connectivity index (χ4n) is 1.64. The number of aryl methyl sites for hydroxylation is 1. The number of hydrogen-bond donors (Lipinski definition) is 1. The summed E-state index contributed by atoms with van der Waals surface area (Å²) < 4.78 is 23.6. The maximum absolute atomic E-state index is 13.4. The number of benzene rings is 1. The predicted molar refractivity (Wildman–Crippen MR) is 66.0 cm³/mol. The number of aromatic nitrogens is 2. The molecular weight excluding hydrogens is 267 g/mol. The van der Waals surface area contributed by atoms with Crippen LogP contribution in [0.4, 0.5) is 4.39 Å². The second-order valence-electron chi connectivity index (χ2n) is 4.06. The number of ether oxygens (including phenoxy) is 1. The van der Waals surface area contributed by atoms with Gasteiger partial charge in [-0.3, -0.25) is 0 Å². The minimum Gasteiger partial charge on any atom is -0.484 e. The zero-order valence-corrected chi connectivity index (χ0v) is 10.8. The van der Waals surface area contributed by atoms with E-state index in [-0.39, 0.29) is 18.2 Å². The van der Waals surface area contributed by atoms with Crippen LogP contribution in [0.2, 0.25) is 0 Å². The normalized spacial score (nSPS) is 10.5. The van der Waals surface area contributed by atoms with E-state index in [1.807, 2.05) is 6.92 Å². The summed E-state index contributed by atoms with van der Waals surface area (Å²) >= 11 is 0. The van der Waals surface area contributed by atoms with Gasteiger partial charge in [0.15, 0.2) is 6.61 Å². The van der Waals surface area contributed by atoms with Crippen molar-refractivity contribution in [1.82, 2.24) is 10.1 Å². The van der Waals surface area contributed by atoms with Crippen molar-refractivity contribution >= 4 is 5.97 Å². The molecule has 0 saturated carbocycles. The quantitative estimate of drug-likeness (QED) is 0.874. The van der Waals surface area contributed by atoms with E-state index in [2.05, 4.69) is 10.1 Å². The van der Waals surface area contributed by atoms with E-state index >= 15 is 0 Å². The number of hydrogen-bond acceptors (Lipinski definition) is 5. The molecule has 2 rings (SSSR count). The highest BCUT2D eigenvalue weighted by Gasteiger charge is 2.17. The van der Waals surface area contributed by atoms with Gasteiger partial charge in [0.05, 0.1) is 0 Å². The molecule has 106 valence electrons. The zero-order valence-electron chi connectivity index (χ0n) is 10.8. The van der Waals surface area contributed by atoms with Gasteiger partial charge in [-0.1, -0.05) is 18.1 Å². The highest BCUT2D eigenvalue weighted by atomic mass is 19.1. The Bertz CT molecular complexity index is 612. The molecule has 1 aromatic heterocycles. The fourth-order valence-corrected chi connectivity index (χ4v) is 1.64. The van der Waals surface area contributed by atoms with Crippen LogP contribution in [0.1, 0.15) is 35.4 Å². The average molecular weight is 280 g/mol. The van der Waals surface area contributed by atoms with Crippen LogP contribution in [0.5, 0.6) is 5.75 Å². The van der Waals surface area contributed by atoms with Crippen LogP contribution < -0.4 is 4.74 Å². The van der Waals surface area contributed by atoms with E-state index in [0.717, 1.165) is 12.5 Å². The third-order valence-electron chi connectivity index (χ3n) is 2.52. The average Bonchev–Trinajstić information content (AvgIpc) is 2.84. The Balaban J connectivity index is 2.10. The van der Waals surface area contributed by atoms with Crippen LogP contribution in [-0.4, -0.2) is 21.2 Å². The molecule has 0 saturated heterocycles. The Morgan fingerprint density at radius 2 is 2.30 bits per heavy atom. The van der Waals surface area contributed by atoms with Gasteiger partial charge in [-0.05, 0) is 18.6 Å². The summed E-state index contributed by atoms with van der Waals surface area (Å²) in [5.74, 6) is -1.54. The van der Waals surface area contributed by atoms with Gasteiger partial charge < -0.3 is 14.4 Å². The van der Waals surface area contributed by atoms with E-state index in [4.69, 9.17) is 14.4 Å². The highest BCUT2D eigenvalue weighted by molar-refractivity contribution is 5.91. The number of carboxylic acid groups (broad SMARTS) is 1. The Hall–Kier alpha value is -2.44. The van der Waals surface area contributed by atoms with Crippen LogP contribution in [0.25, 0.3) is 0 Å². The van der Waals surface area contributed by atoms with Crippen molar-refractivity contribution in [3.63, 3.8) is 0 Å². The molecule has 1 aromatic carbocycles. The van der Waals surface area contributed by atoms with Crippen LogP contribution >= 0.6 is 0 Å². The molecular formula is C13H13FN2O4. The third-order valence-corrected chi connectivity index (χ3v) is 2.52. The van der Waals surface area contributed by atoms with Gasteiger partial charge in [-0.2, -0.15) is 4.98 Å². The molecule has 0 radical (unpaired) electrons. The van der Waals surface area contributed by atoms with Gasteiger partial charge in [0.1, 0.15) is 17.1 Å². The second kappa shape index (κ2) is 6.14. The standard InChI is InChI=1S/C13H13FN2O4/c1-2-4-11-15-10(16-20-11)7-19-9-6-3-5-8(14)12(9)13(17)18/h3,5-6H,2,4,7H2,1H3,(H,17,18). The molecule has 0 aliphatic rings. The van der Waals surface area contributed by atoms with Gasteiger partial charge in [0.25, 0.3) is 0 Å². The first-order valence-electron chi connectivity index (χ1n) is 6.08. The van der Waals surface area contributed by atoms with Gasteiger partial charge in [0, 0.05) is 6.42 Å². The lowest BCUT2D eigenvalue weighted by Crippen LogP contribution is -2.06. The zero-order chi connectivity index (χ0) is 14.5. The molecule has 0 amide bonds. The second-order valence-corrected chi connectivity index (χ2v) is 4.06. The lowest BCUT2D eigenvalue weighted by Gasteiger charge is -2.07. The van der Waals surface area contributed by atoms with Crippen LogP contribution in [0, 0.1) is 5.82 Å². The van der Waals surface area contributed by atoms with E-state index in [9.17, 15) is 9.18 Å². The maximum atomic E-state index is 13.4. The fraction of sp³-hybridized carbons (Fsp3) is 0.308. The summed E-state index contributed by atoms with van der Waals surface area (Å²) in [5, 5.41) is 12.6. The SMILES string of the molecule is CCCc1nc(COc2cccc(F)c2C(=O)O)no1. The Morgan fingerprint density at radius 3 is 3.00 bits per heavy atom. The first kappa shape index (κ1) is 14.0. The molecule has 20 heavy (non-hydrogen) atoms. The van der Waals surface area contributed by atoms with Crippen LogP contribution in [0.3, 0.4) is 0 Å². The van der Waals surface area contributed by atoms with E-state index in [1.165, 1.54) is 12.1 Å². The minimum atomic E-state index is -1.39. The summed E-state index contributed by atoms with van der Waals surface area (Å²) in [4.78, 5) is 15.0. The van der Waals surface area contributed by atoms with Crippen LogP contribution in [-0.2, 0) is 13.0 Å². The maximum Gasteiger partial charge on any atom is 0.342 e. The molecule has 1 heterocycles. The highest BCUT2D eigenvalue weighted by Crippen LogP contribution is 2.22. The summed E-state index contributed by atoms with van der Waals surface area (Å²) in [7, 11) is 0. The van der Waals surface area contributed by atoms with E-state index in [1.54, 1.807) is 0 Å². The van der Waals surface area contributed by atoms with Crippen LogP contribution in [0.15, 0.2) is 22.7 Å². The van der Waals surface area contributed by atoms with Gasteiger partial charge in [-0.25, -0.2) is 9.18 Å². The number of halogens is 1. The van der Waals surface area contributed by atoms with Crippen molar-refractivity contribution in [1.29, 1.82) is 0 Å². The first-order chi connectivity index (χ1) is 9.61. The summed E-state index contributed by atoms with van der Waals surface area (Å²) in [6.07, 6.45) is 1.53. The molecule has 7 heteroatoms. The summed E-state index contributed by atoms with van der Waals surface area (Å²) in [5.41, 5.74) is -0.509. The van der Waals surface area contributed by atoms with Crippen molar-refractivity contribution < 1.29 is 23.6 Å². The van der Waals surface area contributed by atoms with Crippen molar-refractivity contribution in [2.45, 2.75) is 26.4 Å². The molecule has 0 fully saturated rings. The summed E-state index contributed by atoms with van der Waals surface area (Å²) in [6.45, 7) is 1.89. The number of rotatable bonds is 6. The van der Waals surface area contributed by atoms with E-state index < -0.39 is 17.3 Å². The lowest BCUT2D eigenvalue weighted by atomic mass is 10.2. The molecule has 6 nitrogen and oxygen atoms in total. The predicted octanol–water partition coefficient (Wildman–Crippen LogP) is 2.44. The number of nitrogens with zero attached hydrogens (tertiary/aromatic N) is 2. The molecule has 0 aliphatic carbocycles. The number of carbonyl (C=O) groups is 1. The van der Waals surface area contributed by atoms with Gasteiger partial charge in [0.2, 0.25) is 11.7 Å². The molecule has 2 aromatic rings. The van der Waals surface area contributed by atoms with Crippen molar-refractivity contribution in [3.8, 4) is 5.75 Å². The number of carboxylic acids is 1. The molecule has 0 aliphatic heterocycles. The summed E-state index contributed by atoms with van der Waals surface area (Å²) in [6, 6.07) is 3.80. The molecule has 0 atom stereocenters. The monoisotopic (exact) mass is 280 g/mol. The first-order valence-corrected chi connectivity index (χ1v) is 6.08. The molecule has 0 unspecified atom stereocenters. The smallest absolute Gasteiger partial charge is 0.342 e. The van der Waals surface area contributed by atoms with Crippen molar-refractivity contribution in [3.05, 3.63) is 41.3 Å². The minimum absolute atomic E-state index is 0.0701. The Kier molecular flexibility index (Phi) is 4.29. The molecule has 0 spiro atoms. The third kappa shape index (κ3) is 3.11. The van der Waals surface area contributed by atoms with Crippen molar-refractivity contribution in [2.24, 2.45) is 0 Å². The molecule has 1 N–H and O–H groups in total. The lowest BCUT2D eigenvalue weighted by molar-refractivity contribution is 0.0686. The van der Waals surface area contributed by atoms with Crippen molar-refractivity contribution in [2.75, 3.05) is 0 Å². The Labute approximate surface area is 114 Å². The topological polar surface area (TPSA) is 85.5 Å². The Morgan fingerprint density at radius 1 is 1.50 bits per heavy atom. The number of aromatic carboxylic acids is 1. The van der Waals surface area contributed by atoms with Gasteiger partial charge >= 0.3 is 5.97 Å². The molecule has 0 bridgehead atoms. The largest absolute Gasteiger partial charge is 0.484 e. The van der Waals surface area contributed by atoms with E-state index in [0.29, 0.717) is 12.3 Å². The van der Waals surface area contributed by atoms with Gasteiger partial charge in [-0.15, -0.1) is 0 Å².